The molecule has 2 aromatic carbocycles. The Morgan fingerprint density at radius 1 is 1.07 bits per heavy atom. The maximum Gasteiger partial charge on any atom is 0.261 e. The van der Waals surface area contributed by atoms with Crippen molar-refractivity contribution < 1.29 is 4.39 Å². The number of hydroxylamine groups is 2. The van der Waals surface area contributed by atoms with Crippen molar-refractivity contribution >= 4 is 33.3 Å². The lowest BCUT2D eigenvalue weighted by Crippen LogP contribution is -2.43. The number of nitrogen functional groups attached to an aromatic ring is 1. The zero-order valence-corrected chi connectivity index (χ0v) is 15.4. The number of H-pyrrole nitrogens is 2. The Morgan fingerprint density at radius 2 is 1.86 bits per heavy atom. The average molecular weight is 393 g/mol. The molecule has 2 aromatic heterocycles. The summed E-state index contributed by atoms with van der Waals surface area (Å²) < 4.78 is 14.3. The lowest BCUT2D eigenvalue weighted by atomic mass is 10.1. The molecule has 1 aliphatic heterocycles. The highest BCUT2D eigenvalue weighted by Crippen LogP contribution is 2.30. The molecular formula is C20H18FN6O2-. The fourth-order valence-electron chi connectivity index (χ4n) is 3.83. The van der Waals surface area contributed by atoms with Gasteiger partial charge < -0.3 is 30.9 Å². The maximum atomic E-state index is 14.3. The molecule has 0 unspecified atom stereocenters. The van der Waals surface area contributed by atoms with E-state index in [0.29, 0.717) is 37.2 Å². The van der Waals surface area contributed by atoms with Gasteiger partial charge in [-0.2, -0.15) is 0 Å². The van der Waals surface area contributed by atoms with E-state index in [4.69, 9.17) is 5.73 Å². The zero-order chi connectivity index (χ0) is 20.1. The van der Waals surface area contributed by atoms with Crippen molar-refractivity contribution in [1.29, 1.82) is 0 Å². The maximum absolute atomic E-state index is 14.3. The molecule has 0 atom stereocenters. The minimum absolute atomic E-state index is 0.0488. The van der Waals surface area contributed by atoms with Gasteiger partial charge in [0.1, 0.15) is 17.2 Å². The number of rotatable bonds is 2. The van der Waals surface area contributed by atoms with Crippen LogP contribution in [-0.4, -0.2) is 46.2 Å². The van der Waals surface area contributed by atoms with Gasteiger partial charge in [-0.25, -0.2) is 9.37 Å². The molecule has 0 radical (unpaired) electrons. The van der Waals surface area contributed by atoms with Gasteiger partial charge in [0.15, 0.2) is 0 Å². The molecule has 1 saturated heterocycles. The summed E-state index contributed by atoms with van der Waals surface area (Å²) in [4.78, 5) is 25.0. The fourth-order valence-corrected chi connectivity index (χ4v) is 3.83. The van der Waals surface area contributed by atoms with Gasteiger partial charge in [-0.05, 0) is 30.3 Å². The highest BCUT2D eigenvalue weighted by atomic mass is 19.1. The Bertz CT molecular complexity index is 1290. The summed E-state index contributed by atoms with van der Waals surface area (Å²) in [5, 5.41) is 12.6. The van der Waals surface area contributed by atoms with Crippen molar-refractivity contribution in [3.8, 4) is 11.4 Å². The number of hydrogen-bond acceptors (Lipinski definition) is 6. The van der Waals surface area contributed by atoms with Crippen LogP contribution in [0.3, 0.4) is 0 Å². The van der Waals surface area contributed by atoms with Crippen molar-refractivity contribution in [3.63, 3.8) is 0 Å². The number of nitrogens with zero attached hydrogens (tertiary/aromatic N) is 3. The molecule has 0 saturated carbocycles. The normalized spacial score (nSPS) is 15.4. The fraction of sp³-hybridized carbons (Fsp3) is 0.200. The largest absolute Gasteiger partial charge is 0.785 e. The second-order valence-electron chi connectivity index (χ2n) is 7.11. The highest BCUT2D eigenvalue weighted by Gasteiger charge is 2.19. The van der Waals surface area contributed by atoms with Crippen LogP contribution in [0.25, 0.3) is 33.3 Å². The van der Waals surface area contributed by atoms with E-state index in [1.165, 1.54) is 12.1 Å². The van der Waals surface area contributed by atoms with E-state index in [2.05, 4.69) is 19.9 Å². The quantitative estimate of drug-likeness (QED) is 0.481. The van der Waals surface area contributed by atoms with Gasteiger partial charge in [-0.3, -0.25) is 4.79 Å². The summed E-state index contributed by atoms with van der Waals surface area (Å²) in [6.07, 6.45) is 0. The summed E-state index contributed by atoms with van der Waals surface area (Å²) >= 11 is 0. The third-order valence-electron chi connectivity index (χ3n) is 5.33. The van der Waals surface area contributed by atoms with Gasteiger partial charge in [0.25, 0.3) is 5.56 Å². The molecule has 4 aromatic rings. The molecule has 148 valence electrons. The van der Waals surface area contributed by atoms with Gasteiger partial charge in [0, 0.05) is 31.9 Å². The van der Waals surface area contributed by atoms with Crippen LogP contribution in [0.2, 0.25) is 0 Å². The van der Waals surface area contributed by atoms with Crippen LogP contribution < -0.4 is 16.2 Å². The number of benzene rings is 2. The number of pyridine rings is 1. The van der Waals surface area contributed by atoms with E-state index in [-0.39, 0.29) is 22.5 Å². The molecule has 0 amide bonds. The smallest absolute Gasteiger partial charge is 0.261 e. The SMILES string of the molecule is Nc1c(-c2nc3ccc(N4CCN([O-])CC4)cc3[nH]2)c(=O)[nH]c2cccc(F)c12. The predicted octanol–water partition coefficient (Wildman–Crippen LogP) is 2.41. The number of nitrogens with two attached hydrogens (primary N) is 1. The molecule has 0 bridgehead atoms. The van der Waals surface area contributed by atoms with Gasteiger partial charge in [0.2, 0.25) is 0 Å². The van der Waals surface area contributed by atoms with Gasteiger partial charge in [0.05, 0.1) is 27.6 Å². The number of fused-ring (bicyclic) bond motifs is 2. The van der Waals surface area contributed by atoms with Crippen molar-refractivity contribution in [2.45, 2.75) is 0 Å². The number of anilines is 2. The molecular weight excluding hydrogens is 375 g/mol. The van der Waals surface area contributed by atoms with Gasteiger partial charge in [-0.15, -0.1) is 0 Å². The monoisotopic (exact) mass is 393 g/mol. The van der Waals surface area contributed by atoms with E-state index in [9.17, 15) is 14.4 Å². The number of piperazine rings is 1. The highest BCUT2D eigenvalue weighted by molar-refractivity contribution is 5.98. The molecule has 8 nitrogen and oxygen atoms in total. The first-order chi connectivity index (χ1) is 14.0. The van der Waals surface area contributed by atoms with Gasteiger partial charge in [-0.1, -0.05) is 6.07 Å². The molecule has 9 heteroatoms. The zero-order valence-electron chi connectivity index (χ0n) is 15.4. The molecule has 5 rings (SSSR count). The molecule has 1 aliphatic rings. The molecule has 0 aliphatic carbocycles. The molecule has 29 heavy (non-hydrogen) atoms. The summed E-state index contributed by atoms with van der Waals surface area (Å²) in [6.45, 7) is 2.21. The number of aromatic nitrogens is 3. The minimum Gasteiger partial charge on any atom is -0.785 e. The third-order valence-corrected chi connectivity index (χ3v) is 5.33. The topological polar surface area (TPSA) is 117 Å². The first-order valence-electron chi connectivity index (χ1n) is 9.28. The van der Waals surface area contributed by atoms with Crippen molar-refractivity contribution in [2.24, 2.45) is 0 Å². The predicted molar refractivity (Wildman–Crippen MR) is 111 cm³/mol. The summed E-state index contributed by atoms with van der Waals surface area (Å²) in [7, 11) is 0. The van der Waals surface area contributed by atoms with Crippen molar-refractivity contribution in [3.05, 3.63) is 57.8 Å². The number of hydrogen-bond donors (Lipinski definition) is 3. The summed E-state index contributed by atoms with van der Waals surface area (Å²) in [5.74, 6) is -0.223. The van der Waals surface area contributed by atoms with Crippen LogP contribution in [0, 0.1) is 11.0 Å². The Balaban J connectivity index is 1.61. The molecule has 1 fully saturated rings. The average Bonchev–Trinajstić information content (AvgIpc) is 3.11. The first kappa shape index (κ1) is 17.7. The van der Waals surface area contributed by atoms with E-state index in [1.807, 2.05) is 18.2 Å². The van der Waals surface area contributed by atoms with E-state index in [1.54, 1.807) is 6.07 Å². The van der Waals surface area contributed by atoms with Crippen LogP contribution in [0.15, 0.2) is 41.2 Å². The second-order valence-corrected chi connectivity index (χ2v) is 7.11. The van der Waals surface area contributed by atoms with E-state index < -0.39 is 11.4 Å². The van der Waals surface area contributed by atoms with E-state index in [0.717, 1.165) is 16.3 Å². The number of aromatic amines is 2. The van der Waals surface area contributed by atoms with Crippen LogP contribution in [0.5, 0.6) is 0 Å². The summed E-state index contributed by atoms with van der Waals surface area (Å²) in [6, 6.07) is 10.1. The first-order valence-corrected chi connectivity index (χ1v) is 9.28. The number of nitrogens with one attached hydrogen (secondary N) is 2. The Labute approximate surface area is 164 Å². The third kappa shape index (κ3) is 2.91. The van der Waals surface area contributed by atoms with Crippen molar-refractivity contribution in [1.82, 2.24) is 20.0 Å². The van der Waals surface area contributed by atoms with Gasteiger partial charge >= 0.3 is 0 Å². The van der Waals surface area contributed by atoms with E-state index >= 15 is 0 Å². The Kier molecular flexibility index (Phi) is 4.00. The number of imidazole rings is 1. The van der Waals surface area contributed by atoms with Crippen LogP contribution in [-0.2, 0) is 0 Å². The minimum atomic E-state index is -0.506. The molecule has 4 N–H and O–H groups in total. The van der Waals surface area contributed by atoms with Crippen molar-refractivity contribution in [2.75, 3.05) is 36.8 Å². The second kappa shape index (κ2) is 6.57. The standard InChI is InChI=1S/C20H18FN6O2/c21-12-2-1-3-14-16(12)18(22)17(20(28)25-14)19-23-13-5-4-11(10-15(13)24-19)26-6-8-27(29)9-7-26/h1-5,10H,6-9H2,(H,23,24)(H3,22,25,28)/q-1. The van der Waals surface area contributed by atoms with Crippen LogP contribution in [0.4, 0.5) is 15.8 Å². The Hall–Kier alpha value is -3.43. The van der Waals surface area contributed by atoms with Crippen LogP contribution >= 0.6 is 0 Å². The lowest BCUT2D eigenvalue weighted by molar-refractivity contribution is 0.350. The molecule has 3 heterocycles. The Morgan fingerprint density at radius 3 is 2.66 bits per heavy atom. The molecule has 0 spiro atoms. The van der Waals surface area contributed by atoms with Crippen LogP contribution in [0.1, 0.15) is 0 Å². The summed E-state index contributed by atoms with van der Waals surface area (Å²) in [5.41, 5.74) is 8.60. The lowest BCUT2D eigenvalue weighted by Gasteiger charge is -2.39. The number of halogens is 1.